The molecule has 0 unspecified atom stereocenters. The first kappa shape index (κ1) is 27.8. The third-order valence-corrected chi connectivity index (χ3v) is 6.47. The van der Waals surface area contributed by atoms with Crippen molar-refractivity contribution in [3.63, 3.8) is 0 Å². The number of thioether (sulfide) groups is 1. The van der Waals surface area contributed by atoms with Crippen LogP contribution in [0.5, 0.6) is 0 Å². The summed E-state index contributed by atoms with van der Waals surface area (Å²) in [6, 6.07) is 25.4. The number of carbonyl (C=O) groups excluding carboxylic acids is 4. The second-order valence-corrected chi connectivity index (χ2v) is 9.47. The van der Waals surface area contributed by atoms with E-state index in [0.717, 1.165) is 4.90 Å². The van der Waals surface area contributed by atoms with Gasteiger partial charge in [0.25, 0.3) is 11.8 Å². The zero-order chi connectivity index (χ0) is 28.3. The molecule has 0 spiro atoms. The van der Waals surface area contributed by atoms with Crippen LogP contribution in [0.3, 0.4) is 0 Å². The summed E-state index contributed by atoms with van der Waals surface area (Å²) in [5, 5.41) is 8.24. The first-order chi connectivity index (χ1) is 19.4. The summed E-state index contributed by atoms with van der Waals surface area (Å²) in [5.74, 6) is -1.51. The molecule has 0 aliphatic heterocycles. The zero-order valence-corrected chi connectivity index (χ0v) is 22.0. The van der Waals surface area contributed by atoms with Crippen LogP contribution in [0.25, 0.3) is 6.08 Å². The van der Waals surface area contributed by atoms with Crippen molar-refractivity contribution in [3.05, 3.63) is 126 Å². The Balaban J connectivity index is 1.36. The van der Waals surface area contributed by atoms with E-state index in [1.807, 2.05) is 0 Å². The minimum Gasteiger partial charge on any atom is -0.366 e. The van der Waals surface area contributed by atoms with Gasteiger partial charge in [-0.3, -0.25) is 24.2 Å². The number of nitrogens with one attached hydrogen (secondary N) is 3. The van der Waals surface area contributed by atoms with Gasteiger partial charge in [0.15, 0.2) is 0 Å². The largest absolute Gasteiger partial charge is 0.366 e. The van der Waals surface area contributed by atoms with E-state index in [9.17, 15) is 19.2 Å². The molecule has 3 aromatic carbocycles. The average molecular weight is 552 g/mol. The molecule has 0 radical (unpaired) electrons. The molecular weight excluding hydrogens is 526 g/mol. The van der Waals surface area contributed by atoms with Crippen molar-refractivity contribution in [3.8, 4) is 0 Å². The fraction of sp³-hybridized carbons (Fsp3) is 0.0333. The Kier molecular flexibility index (Phi) is 9.41. The summed E-state index contributed by atoms with van der Waals surface area (Å²) in [7, 11) is 0. The molecule has 40 heavy (non-hydrogen) atoms. The van der Waals surface area contributed by atoms with Crippen molar-refractivity contribution in [2.24, 2.45) is 5.73 Å². The van der Waals surface area contributed by atoms with Crippen LogP contribution in [0, 0.1) is 0 Å². The number of amides is 4. The van der Waals surface area contributed by atoms with Gasteiger partial charge in [-0.1, -0.05) is 24.3 Å². The molecule has 0 saturated carbocycles. The fourth-order valence-electron chi connectivity index (χ4n) is 3.47. The number of benzene rings is 3. The molecule has 4 amide bonds. The third kappa shape index (κ3) is 8.14. The Hall–Kier alpha value is -5.22. The number of nitrogens with zero attached hydrogens (tertiary/aromatic N) is 1. The van der Waals surface area contributed by atoms with Crippen LogP contribution in [0.2, 0.25) is 0 Å². The van der Waals surface area contributed by atoms with E-state index >= 15 is 0 Å². The number of pyridine rings is 1. The Labute approximate surface area is 234 Å². The molecule has 0 fully saturated rings. The van der Waals surface area contributed by atoms with E-state index in [1.54, 1.807) is 109 Å². The standard InChI is InChI=1S/C30H25N5O4S/c31-28(37)21-8-10-23(11-9-21)33-27(36)19-40-25-14-12-24(13-15-25)34-30(39)26(17-20-5-4-16-32-18-20)35-29(38)22-6-2-1-3-7-22/h1-18H,19H2,(H2,31,37)(H,33,36)(H,34,39)(H,35,38)/b26-17-. The first-order valence-electron chi connectivity index (χ1n) is 12.1. The van der Waals surface area contributed by atoms with Gasteiger partial charge in [-0.15, -0.1) is 11.8 Å². The molecule has 4 rings (SSSR count). The van der Waals surface area contributed by atoms with Gasteiger partial charge in [0.2, 0.25) is 11.8 Å². The molecule has 5 N–H and O–H groups in total. The minimum absolute atomic E-state index is 0.0563. The third-order valence-electron chi connectivity index (χ3n) is 5.46. The molecule has 200 valence electrons. The smallest absolute Gasteiger partial charge is 0.272 e. The van der Waals surface area contributed by atoms with Crippen molar-refractivity contribution < 1.29 is 19.2 Å². The normalized spacial score (nSPS) is 10.8. The number of anilines is 2. The number of hydrogen-bond donors (Lipinski definition) is 4. The van der Waals surface area contributed by atoms with Crippen molar-refractivity contribution in [2.75, 3.05) is 16.4 Å². The van der Waals surface area contributed by atoms with Gasteiger partial charge in [-0.2, -0.15) is 0 Å². The van der Waals surface area contributed by atoms with Crippen LogP contribution in [0.4, 0.5) is 11.4 Å². The molecule has 10 heteroatoms. The number of hydrogen-bond acceptors (Lipinski definition) is 6. The molecule has 0 atom stereocenters. The number of carbonyl (C=O) groups is 4. The van der Waals surface area contributed by atoms with Gasteiger partial charge in [0.1, 0.15) is 5.70 Å². The number of primary amides is 1. The maximum Gasteiger partial charge on any atom is 0.272 e. The predicted molar refractivity (Wildman–Crippen MR) is 156 cm³/mol. The predicted octanol–water partition coefficient (Wildman–Crippen LogP) is 4.32. The van der Waals surface area contributed by atoms with Crippen molar-refractivity contribution in [2.45, 2.75) is 4.90 Å². The van der Waals surface area contributed by atoms with Gasteiger partial charge in [0.05, 0.1) is 5.75 Å². The van der Waals surface area contributed by atoms with Gasteiger partial charge >= 0.3 is 0 Å². The summed E-state index contributed by atoms with van der Waals surface area (Å²) in [5.41, 5.74) is 7.78. The minimum atomic E-state index is -0.536. The Morgan fingerprint density at radius 3 is 2.10 bits per heavy atom. The summed E-state index contributed by atoms with van der Waals surface area (Å²) < 4.78 is 0. The topological polar surface area (TPSA) is 143 Å². The van der Waals surface area contributed by atoms with E-state index in [0.29, 0.717) is 28.1 Å². The van der Waals surface area contributed by atoms with Crippen molar-refractivity contribution in [1.29, 1.82) is 0 Å². The molecule has 4 aromatic rings. The Morgan fingerprint density at radius 2 is 1.45 bits per heavy atom. The van der Waals surface area contributed by atoms with Crippen LogP contribution >= 0.6 is 11.8 Å². The molecule has 0 bridgehead atoms. The lowest BCUT2D eigenvalue weighted by Gasteiger charge is -2.12. The van der Waals surface area contributed by atoms with Crippen molar-refractivity contribution in [1.82, 2.24) is 10.3 Å². The molecule has 9 nitrogen and oxygen atoms in total. The zero-order valence-electron chi connectivity index (χ0n) is 21.2. The van der Waals surface area contributed by atoms with Gasteiger partial charge < -0.3 is 21.7 Å². The van der Waals surface area contributed by atoms with Gasteiger partial charge in [-0.05, 0) is 78.4 Å². The van der Waals surface area contributed by atoms with Gasteiger partial charge in [-0.25, -0.2) is 0 Å². The Morgan fingerprint density at radius 1 is 0.775 bits per heavy atom. The molecule has 1 heterocycles. The van der Waals surface area contributed by atoms with Crippen LogP contribution < -0.4 is 21.7 Å². The average Bonchev–Trinajstić information content (AvgIpc) is 2.97. The molecule has 1 aromatic heterocycles. The maximum absolute atomic E-state index is 13.1. The highest BCUT2D eigenvalue weighted by Gasteiger charge is 2.15. The highest BCUT2D eigenvalue weighted by Crippen LogP contribution is 2.21. The summed E-state index contributed by atoms with van der Waals surface area (Å²) >= 11 is 1.32. The fourth-order valence-corrected chi connectivity index (χ4v) is 4.17. The van der Waals surface area contributed by atoms with Crippen LogP contribution in [0.1, 0.15) is 26.3 Å². The quantitative estimate of drug-likeness (QED) is 0.171. The summed E-state index contributed by atoms with van der Waals surface area (Å²) in [6.45, 7) is 0. The van der Waals surface area contributed by atoms with E-state index in [4.69, 9.17) is 5.73 Å². The van der Waals surface area contributed by atoms with E-state index in [1.165, 1.54) is 11.8 Å². The van der Waals surface area contributed by atoms with E-state index in [2.05, 4.69) is 20.9 Å². The maximum atomic E-state index is 13.1. The second-order valence-electron chi connectivity index (χ2n) is 8.42. The Bertz CT molecular complexity index is 1520. The second kappa shape index (κ2) is 13.5. The number of aromatic nitrogens is 1. The molecule has 0 aliphatic rings. The number of rotatable bonds is 10. The number of nitrogens with two attached hydrogens (primary N) is 1. The van der Waals surface area contributed by atoms with E-state index < -0.39 is 17.7 Å². The van der Waals surface area contributed by atoms with Crippen LogP contribution in [-0.2, 0) is 9.59 Å². The van der Waals surface area contributed by atoms with Crippen molar-refractivity contribution >= 4 is 52.8 Å². The lowest BCUT2D eigenvalue weighted by atomic mass is 10.2. The lowest BCUT2D eigenvalue weighted by Crippen LogP contribution is -2.30. The summed E-state index contributed by atoms with van der Waals surface area (Å²) in [4.78, 5) is 54.2. The molecule has 0 aliphatic carbocycles. The van der Waals surface area contributed by atoms with Crippen LogP contribution in [-0.4, -0.2) is 34.4 Å². The highest BCUT2D eigenvalue weighted by atomic mass is 32.2. The van der Waals surface area contributed by atoms with Gasteiger partial charge in [0, 0.05) is 39.8 Å². The molecular formula is C30H25N5O4S. The highest BCUT2D eigenvalue weighted by molar-refractivity contribution is 8.00. The van der Waals surface area contributed by atoms with E-state index in [-0.39, 0.29) is 17.4 Å². The SMILES string of the molecule is NC(=O)c1ccc(NC(=O)CSc2ccc(NC(=O)/C(=C/c3cccnc3)NC(=O)c3ccccc3)cc2)cc1. The molecule has 0 saturated heterocycles. The monoisotopic (exact) mass is 551 g/mol. The lowest BCUT2D eigenvalue weighted by molar-refractivity contribution is -0.114. The summed E-state index contributed by atoms with van der Waals surface area (Å²) in [6.07, 6.45) is 4.75. The van der Waals surface area contributed by atoms with Crippen LogP contribution in [0.15, 0.2) is 114 Å². The first-order valence-corrected chi connectivity index (χ1v) is 13.1.